The Balaban J connectivity index is 1.56. The van der Waals surface area contributed by atoms with E-state index in [2.05, 4.69) is 26.0 Å². The van der Waals surface area contributed by atoms with E-state index in [1.165, 1.54) is 12.5 Å². The monoisotopic (exact) mass is 382 g/mol. The van der Waals surface area contributed by atoms with Gasteiger partial charge < -0.3 is 4.74 Å². The van der Waals surface area contributed by atoms with Gasteiger partial charge in [-0.2, -0.15) is 0 Å². The Kier molecular flexibility index (Phi) is 3.57. The van der Waals surface area contributed by atoms with Crippen molar-refractivity contribution in [2.75, 3.05) is 0 Å². The standard InChI is InChI=1S/C24H30O4/c1-13(25)24(28-14(2)26)10-8-18-16-6-5-15-11-21(27)17-12-20(17)23(15,4)19(16)7-9-22(18,24)3/h5-6,11,16-20H,7-10,12H2,1-4H3/t16-,17+,18-,19-,20-,22-,23-,24-/m1/s1. The van der Waals surface area contributed by atoms with Crippen LogP contribution < -0.4 is 0 Å². The number of rotatable bonds is 2. The number of hydrogen-bond donors (Lipinski definition) is 0. The van der Waals surface area contributed by atoms with Gasteiger partial charge in [0.15, 0.2) is 17.2 Å². The van der Waals surface area contributed by atoms with Crippen LogP contribution >= 0.6 is 0 Å². The third-order valence-corrected chi connectivity index (χ3v) is 9.45. The Morgan fingerprint density at radius 2 is 1.79 bits per heavy atom. The molecule has 5 rings (SSSR count). The number of carbonyl (C=O) groups is 3. The number of ketones is 2. The fourth-order valence-corrected chi connectivity index (χ4v) is 7.96. The van der Waals surface area contributed by atoms with E-state index in [0.29, 0.717) is 35.9 Å². The molecule has 0 unspecified atom stereocenters. The number of esters is 1. The number of allylic oxidation sites excluding steroid dienone is 4. The highest BCUT2D eigenvalue weighted by Crippen LogP contribution is 2.71. The van der Waals surface area contributed by atoms with Crippen LogP contribution in [-0.2, 0) is 19.1 Å². The van der Waals surface area contributed by atoms with E-state index >= 15 is 0 Å². The maximum absolute atomic E-state index is 12.8. The second-order valence-corrected chi connectivity index (χ2v) is 10.4. The first-order valence-electron chi connectivity index (χ1n) is 10.8. The van der Waals surface area contributed by atoms with Gasteiger partial charge in [0, 0.05) is 18.3 Å². The summed E-state index contributed by atoms with van der Waals surface area (Å²) < 4.78 is 5.82. The lowest BCUT2D eigenvalue weighted by Gasteiger charge is -2.57. The Labute approximate surface area is 166 Å². The molecule has 0 aromatic heterocycles. The van der Waals surface area contributed by atoms with Gasteiger partial charge in [-0.15, -0.1) is 0 Å². The molecule has 3 fully saturated rings. The molecular formula is C24H30O4. The topological polar surface area (TPSA) is 60.4 Å². The lowest BCUT2D eigenvalue weighted by molar-refractivity contribution is -0.185. The third kappa shape index (κ3) is 1.99. The minimum atomic E-state index is -0.982. The Morgan fingerprint density at radius 1 is 1.07 bits per heavy atom. The zero-order valence-electron chi connectivity index (χ0n) is 17.3. The van der Waals surface area contributed by atoms with Crippen LogP contribution in [-0.4, -0.2) is 23.1 Å². The fraction of sp³-hybridized carbons (Fsp3) is 0.708. The van der Waals surface area contributed by atoms with E-state index in [1.54, 1.807) is 6.92 Å². The zero-order chi connectivity index (χ0) is 20.1. The molecule has 28 heavy (non-hydrogen) atoms. The van der Waals surface area contributed by atoms with Crippen LogP contribution in [0, 0.1) is 40.4 Å². The van der Waals surface area contributed by atoms with Gasteiger partial charge in [0.05, 0.1) is 0 Å². The van der Waals surface area contributed by atoms with E-state index in [1.807, 2.05) is 6.08 Å². The van der Waals surface area contributed by atoms with Gasteiger partial charge in [0.25, 0.3) is 0 Å². The molecule has 0 aromatic carbocycles. The quantitative estimate of drug-likeness (QED) is 0.676. The Bertz CT molecular complexity index is 853. The van der Waals surface area contributed by atoms with Gasteiger partial charge in [0.2, 0.25) is 0 Å². The predicted molar refractivity (Wildman–Crippen MR) is 104 cm³/mol. The molecule has 0 spiro atoms. The maximum atomic E-state index is 12.8. The highest BCUT2D eigenvalue weighted by molar-refractivity contribution is 5.97. The largest absolute Gasteiger partial charge is 0.451 e. The average molecular weight is 383 g/mol. The van der Waals surface area contributed by atoms with E-state index in [9.17, 15) is 14.4 Å². The SMILES string of the molecule is CC(=O)O[C@@]1(C(C)=O)CC[C@@H]2[C@H]3C=CC4=CC(=O)[C@H]5C[C@H]5[C@@]4(C)[C@@H]3CC[C@]21C. The Morgan fingerprint density at radius 3 is 2.46 bits per heavy atom. The van der Waals surface area contributed by atoms with E-state index < -0.39 is 5.60 Å². The van der Waals surface area contributed by atoms with Crippen LogP contribution in [0.3, 0.4) is 0 Å². The first-order valence-corrected chi connectivity index (χ1v) is 10.8. The molecule has 0 N–H and O–H groups in total. The van der Waals surface area contributed by atoms with Crippen LogP contribution in [0.2, 0.25) is 0 Å². The van der Waals surface area contributed by atoms with Gasteiger partial charge >= 0.3 is 5.97 Å². The van der Waals surface area contributed by atoms with Crippen LogP contribution in [0.25, 0.3) is 0 Å². The Hall–Kier alpha value is -1.71. The van der Waals surface area contributed by atoms with Crippen molar-refractivity contribution >= 4 is 17.5 Å². The van der Waals surface area contributed by atoms with Gasteiger partial charge in [-0.25, -0.2) is 0 Å². The minimum absolute atomic E-state index is 0.0109. The maximum Gasteiger partial charge on any atom is 0.303 e. The van der Waals surface area contributed by atoms with Gasteiger partial charge in [-0.05, 0) is 79.8 Å². The number of Topliss-reactive ketones (excluding diaryl/α,β-unsaturated/α-hetero) is 1. The summed E-state index contributed by atoms with van der Waals surface area (Å²) in [4.78, 5) is 37.0. The lowest BCUT2D eigenvalue weighted by atomic mass is 9.47. The van der Waals surface area contributed by atoms with Gasteiger partial charge in [-0.3, -0.25) is 14.4 Å². The van der Waals surface area contributed by atoms with Crippen molar-refractivity contribution in [1.29, 1.82) is 0 Å². The van der Waals surface area contributed by atoms with Crippen LogP contribution in [0.5, 0.6) is 0 Å². The molecule has 4 nitrogen and oxygen atoms in total. The fourth-order valence-electron chi connectivity index (χ4n) is 7.96. The molecule has 0 radical (unpaired) electrons. The number of ether oxygens (including phenoxy) is 1. The van der Waals surface area contributed by atoms with Crippen molar-refractivity contribution in [2.24, 2.45) is 40.4 Å². The molecule has 150 valence electrons. The summed E-state index contributed by atoms with van der Waals surface area (Å²) in [5.41, 5.74) is -0.00957. The molecule has 4 heteroatoms. The summed E-state index contributed by atoms with van der Waals surface area (Å²) in [6.07, 6.45) is 10.9. The molecule has 8 atom stereocenters. The predicted octanol–water partition coefficient (Wildman–Crippen LogP) is 4.04. The smallest absolute Gasteiger partial charge is 0.303 e. The second-order valence-electron chi connectivity index (χ2n) is 10.4. The van der Waals surface area contributed by atoms with Crippen molar-refractivity contribution in [1.82, 2.24) is 0 Å². The highest BCUT2D eigenvalue weighted by Gasteiger charge is 2.69. The normalized spacial score (nSPS) is 50.6. The van der Waals surface area contributed by atoms with Crippen LogP contribution in [0.4, 0.5) is 0 Å². The molecule has 3 saturated carbocycles. The average Bonchev–Trinajstić information content (AvgIpc) is 3.37. The van der Waals surface area contributed by atoms with Crippen LogP contribution in [0.15, 0.2) is 23.8 Å². The van der Waals surface area contributed by atoms with E-state index in [-0.39, 0.29) is 28.5 Å². The molecule has 0 amide bonds. The van der Waals surface area contributed by atoms with Gasteiger partial charge in [-0.1, -0.05) is 26.0 Å². The summed E-state index contributed by atoms with van der Waals surface area (Å²) in [6, 6.07) is 0. The minimum Gasteiger partial charge on any atom is -0.451 e. The lowest BCUT2D eigenvalue weighted by Crippen LogP contribution is -2.58. The van der Waals surface area contributed by atoms with Crippen molar-refractivity contribution in [3.05, 3.63) is 23.8 Å². The molecule has 0 aliphatic heterocycles. The third-order valence-electron chi connectivity index (χ3n) is 9.45. The molecular weight excluding hydrogens is 352 g/mol. The molecule has 0 saturated heterocycles. The highest BCUT2D eigenvalue weighted by atomic mass is 16.6. The molecule has 5 aliphatic rings. The summed E-state index contributed by atoms with van der Waals surface area (Å²) in [7, 11) is 0. The van der Waals surface area contributed by atoms with Crippen molar-refractivity contribution < 1.29 is 19.1 Å². The number of hydrogen-bond acceptors (Lipinski definition) is 4. The van der Waals surface area contributed by atoms with E-state index in [0.717, 1.165) is 25.7 Å². The first kappa shape index (κ1) is 18.3. The molecule has 0 heterocycles. The molecule has 0 aromatic rings. The molecule has 5 aliphatic carbocycles. The number of fused-ring (bicyclic) bond motifs is 7. The summed E-state index contributed by atoms with van der Waals surface area (Å²) in [5, 5.41) is 0. The van der Waals surface area contributed by atoms with Crippen molar-refractivity contribution in [3.8, 4) is 0 Å². The number of carbonyl (C=O) groups excluding carboxylic acids is 3. The first-order chi connectivity index (χ1) is 13.1. The zero-order valence-corrected chi connectivity index (χ0v) is 17.3. The molecule has 0 bridgehead atoms. The van der Waals surface area contributed by atoms with Crippen molar-refractivity contribution in [3.63, 3.8) is 0 Å². The van der Waals surface area contributed by atoms with Gasteiger partial charge in [0.1, 0.15) is 0 Å². The second kappa shape index (κ2) is 5.46. The van der Waals surface area contributed by atoms with E-state index in [4.69, 9.17) is 4.74 Å². The summed E-state index contributed by atoms with van der Waals surface area (Å²) in [5.74, 6) is 1.87. The summed E-state index contributed by atoms with van der Waals surface area (Å²) >= 11 is 0. The van der Waals surface area contributed by atoms with Crippen molar-refractivity contribution in [2.45, 2.75) is 65.4 Å². The van der Waals surface area contributed by atoms with Crippen LogP contribution in [0.1, 0.15) is 59.8 Å². The summed E-state index contributed by atoms with van der Waals surface area (Å²) in [6.45, 7) is 7.55.